The summed E-state index contributed by atoms with van der Waals surface area (Å²) in [6.45, 7) is 6.33. The average Bonchev–Trinajstić information content (AvgIpc) is 3.18. The first kappa shape index (κ1) is 20.1. The molecule has 28 heavy (non-hydrogen) atoms. The summed E-state index contributed by atoms with van der Waals surface area (Å²) in [4.78, 5) is 4.20. The summed E-state index contributed by atoms with van der Waals surface area (Å²) < 4.78 is 45.3. The van der Waals surface area contributed by atoms with E-state index in [2.05, 4.69) is 36.0 Å². The van der Waals surface area contributed by atoms with Crippen LogP contribution < -0.4 is 0 Å². The van der Waals surface area contributed by atoms with Crippen LogP contribution in [-0.4, -0.2) is 19.9 Å². The summed E-state index contributed by atoms with van der Waals surface area (Å²) in [5, 5.41) is 7.15. The number of benzene rings is 1. The largest absolute Gasteiger partial charge is 0.435 e. The second-order valence-electron chi connectivity index (χ2n) is 7.29. The first-order chi connectivity index (χ1) is 13.0. The molecule has 0 atom stereocenters. The fraction of sp³-hybridized carbons (Fsp3) is 0.316. The van der Waals surface area contributed by atoms with Gasteiger partial charge in [0.15, 0.2) is 5.69 Å². The maximum atomic E-state index is 13.1. The number of nitrogens with zero attached hydrogens (tertiary/aromatic N) is 4. The Balaban J connectivity index is 1.86. The minimum Gasteiger partial charge on any atom is -0.334 e. The lowest BCUT2D eigenvalue weighted by Gasteiger charge is -2.18. The van der Waals surface area contributed by atoms with E-state index in [1.807, 2.05) is 24.3 Å². The topological polar surface area (TPSA) is 56.7 Å². The Labute approximate surface area is 164 Å². The van der Waals surface area contributed by atoms with Gasteiger partial charge in [0, 0.05) is 24.3 Å². The van der Waals surface area contributed by atoms with E-state index in [9.17, 15) is 13.2 Å². The molecule has 0 unspecified atom stereocenters. The van der Waals surface area contributed by atoms with Crippen LogP contribution in [0.4, 0.5) is 13.2 Å². The maximum Gasteiger partial charge on any atom is 0.435 e. The zero-order valence-electron chi connectivity index (χ0n) is 15.7. The predicted octanol–water partition coefficient (Wildman–Crippen LogP) is 5.61. The number of aryl methyl sites for hydroxylation is 1. The zero-order chi connectivity index (χ0) is 20.7. The van der Waals surface area contributed by atoms with Crippen LogP contribution in [0.15, 0.2) is 28.8 Å². The summed E-state index contributed by atoms with van der Waals surface area (Å²) >= 11 is 5.92. The number of halogens is 4. The molecular formula is C19H18ClF3N4O. The van der Waals surface area contributed by atoms with E-state index in [0.29, 0.717) is 5.82 Å². The van der Waals surface area contributed by atoms with Gasteiger partial charge in [-0.25, -0.2) is 0 Å². The molecule has 5 nitrogen and oxygen atoms in total. The van der Waals surface area contributed by atoms with Gasteiger partial charge in [-0.3, -0.25) is 4.68 Å². The summed E-state index contributed by atoms with van der Waals surface area (Å²) in [5.41, 5.74) is 0.584. The Bertz CT molecular complexity index is 1010. The average molecular weight is 411 g/mol. The molecule has 0 N–H and O–H groups in total. The maximum absolute atomic E-state index is 13.1. The van der Waals surface area contributed by atoms with Gasteiger partial charge < -0.3 is 4.52 Å². The Morgan fingerprint density at radius 1 is 1.07 bits per heavy atom. The lowest BCUT2D eigenvalue weighted by atomic mass is 9.87. The van der Waals surface area contributed by atoms with Crippen molar-refractivity contribution in [1.29, 1.82) is 0 Å². The highest BCUT2D eigenvalue weighted by Crippen LogP contribution is 2.35. The summed E-state index contributed by atoms with van der Waals surface area (Å²) in [6, 6.07) is 7.70. The van der Waals surface area contributed by atoms with Crippen LogP contribution in [0.3, 0.4) is 0 Å². The predicted molar refractivity (Wildman–Crippen MR) is 101 cm³/mol. The highest BCUT2D eigenvalue weighted by molar-refractivity contribution is 6.31. The zero-order valence-corrected chi connectivity index (χ0v) is 16.4. The molecule has 1 aromatic carbocycles. The molecule has 9 heteroatoms. The van der Waals surface area contributed by atoms with Gasteiger partial charge in [-0.05, 0) is 17.1 Å². The van der Waals surface area contributed by atoms with E-state index in [-0.39, 0.29) is 22.0 Å². The van der Waals surface area contributed by atoms with Gasteiger partial charge in [0.25, 0.3) is 5.89 Å². The van der Waals surface area contributed by atoms with Crippen molar-refractivity contribution < 1.29 is 17.7 Å². The minimum atomic E-state index is -4.63. The molecule has 0 aliphatic heterocycles. The molecule has 0 spiro atoms. The number of aromatic nitrogens is 4. The smallest absolute Gasteiger partial charge is 0.334 e. The van der Waals surface area contributed by atoms with E-state index >= 15 is 0 Å². The normalized spacial score (nSPS) is 12.9. The molecule has 0 amide bonds. The van der Waals surface area contributed by atoms with E-state index < -0.39 is 11.9 Å². The first-order valence-corrected chi connectivity index (χ1v) is 8.77. The van der Waals surface area contributed by atoms with Crippen molar-refractivity contribution in [3.05, 3.63) is 52.1 Å². The Morgan fingerprint density at radius 2 is 1.71 bits per heavy atom. The molecule has 2 heterocycles. The summed E-state index contributed by atoms with van der Waals surface area (Å²) in [6.07, 6.45) is -2.18. The number of rotatable bonds is 3. The third-order valence-electron chi connectivity index (χ3n) is 4.12. The number of hydrogen-bond donors (Lipinski definition) is 0. The van der Waals surface area contributed by atoms with Crippen LogP contribution in [0.25, 0.3) is 23.5 Å². The van der Waals surface area contributed by atoms with Crippen molar-refractivity contribution in [1.82, 2.24) is 19.9 Å². The molecule has 0 saturated heterocycles. The molecule has 3 aromatic rings. The van der Waals surface area contributed by atoms with E-state index in [1.165, 1.54) is 13.1 Å². The van der Waals surface area contributed by atoms with Gasteiger partial charge in [0.1, 0.15) is 5.15 Å². The van der Waals surface area contributed by atoms with Crippen molar-refractivity contribution >= 4 is 23.8 Å². The van der Waals surface area contributed by atoms with Gasteiger partial charge in [0.2, 0.25) is 5.82 Å². The molecule has 0 aliphatic rings. The van der Waals surface area contributed by atoms with Gasteiger partial charge in [-0.2, -0.15) is 23.3 Å². The highest BCUT2D eigenvalue weighted by atomic mass is 35.5. The third kappa shape index (κ3) is 4.11. The fourth-order valence-electron chi connectivity index (χ4n) is 2.57. The second kappa shape index (κ2) is 7.09. The molecule has 3 rings (SSSR count). The lowest BCUT2D eigenvalue weighted by Crippen LogP contribution is -2.10. The van der Waals surface area contributed by atoms with E-state index in [0.717, 1.165) is 21.9 Å². The van der Waals surface area contributed by atoms with Gasteiger partial charge in [0.05, 0.1) is 0 Å². The van der Waals surface area contributed by atoms with Crippen LogP contribution in [0.2, 0.25) is 5.15 Å². The lowest BCUT2D eigenvalue weighted by molar-refractivity contribution is -0.141. The van der Waals surface area contributed by atoms with Crippen LogP contribution in [-0.2, 0) is 18.6 Å². The van der Waals surface area contributed by atoms with Crippen LogP contribution in [0.1, 0.15) is 43.5 Å². The number of alkyl halides is 3. The highest BCUT2D eigenvalue weighted by Gasteiger charge is 2.38. The van der Waals surface area contributed by atoms with Crippen LogP contribution >= 0.6 is 11.6 Å². The van der Waals surface area contributed by atoms with Gasteiger partial charge in [-0.1, -0.05) is 61.8 Å². The van der Waals surface area contributed by atoms with Crippen molar-refractivity contribution in [3.8, 4) is 11.4 Å². The third-order valence-corrected chi connectivity index (χ3v) is 4.57. The van der Waals surface area contributed by atoms with Crippen molar-refractivity contribution in [2.75, 3.05) is 0 Å². The summed E-state index contributed by atoms with van der Waals surface area (Å²) in [7, 11) is 1.33. The second-order valence-corrected chi connectivity index (χ2v) is 7.65. The standard InChI is InChI=1S/C19H18ClF3N4O/c1-18(2,3)12-7-5-11(6-8-12)17-24-14(28-26-17)10-9-13-15(19(21,22)23)25-27(4)16(13)20/h5-10H,1-4H3. The van der Waals surface area contributed by atoms with Crippen molar-refractivity contribution in [2.24, 2.45) is 7.05 Å². The Kier molecular flexibility index (Phi) is 5.10. The molecule has 0 saturated carbocycles. The monoisotopic (exact) mass is 410 g/mol. The Morgan fingerprint density at radius 3 is 2.29 bits per heavy atom. The van der Waals surface area contributed by atoms with Gasteiger partial charge in [-0.15, -0.1) is 0 Å². The molecule has 0 radical (unpaired) electrons. The molecule has 0 aliphatic carbocycles. The van der Waals surface area contributed by atoms with Crippen molar-refractivity contribution in [3.63, 3.8) is 0 Å². The summed E-state index contributed by atoms with van der Waals surface area (Å²) in [5.74, 6) is 0.399. The Hall–Kier alpha value is -2.61. The van der Waals surface area contributed by atoms with Crippen molar-refractivity contribution in [2.45, 2.75) is 32.4 Å². The molecule has 0 bridgehead atoms. The molecule has 0 fully saturated rings. The van der Waals surface area contributed by atoms with E-state index in [1.54, 1.807) is 0 Å². The van der Waals surface area contributed by atoms with Crippen LogP contribution in [0.5, 0.6) is 0 Å². The fourth-order valence-corrected chi connectivity index (χ4v) is 2.76. The van der Waals surface area contributed by atoms with E-state index in [4.69, 9.17) is 16.1 Å². The minimum absolute atomic E-state index is 0.0167. The first-order valence-electron chi connectivity index (χ1n) is 8.39. The molecular weight excluding hydrogens is 393 g/mol. The van der Waals surface area contributed by atoms with Gasteiger partial charge >= 0.3 is 6.18 Å². The molecule has 148 valence electrons. The molecule has 2 aromatic heterocycles. The number of hydrogen-bond acceptors (Lipinski definition) is 4. The quantitative estimate of drug-likeness (QED) is 0.563. The SMILES string of the molecule is Cn1nc(C(F)(F)F)c(C=Cc2nc(-c3ccc(C(C)(C)C)cc3)no2)c1Cl. The van der Waals surface area contributed by atoms with Crippen LogP contribution in [0, 0.1) is 0 Å².